The van der Waals surface area contributed by atoms with Crippen LogP contribution in [0.3, 0.4) is 0 Å². The summed E-state index contributed by atoms with van der Waals surface area (Å²) in [5.41, 5.74) is 4.37. The topological polar surface area (TPSA) is 52.2 Å². The third-order valence-corrected chi connectivity index (χ3v) is 6.36. The lowest BCUT2D eigenvalue weighted by Gasteiger charge is -2.36. The molecule has 3 aliphatic rings. The molecule has 5 rings (SSSR count). The van der Waals surface area contributed by atoms with E-state index in [2.05, 4.69) is 26.9 Å². The first-order valence-corrected chi connectivity index (χ1v) is 10.3. The van der Waals surface area contributed by atoms with Gasteiger partial charge in [0.25, 0.3) is 0 Å². The average molecular weight is 384 g/mol. The summed E-state index contributed by atoms with van der Waals surface area (Å²) in [6.45, 7) is 7.66. The molecule has 5 nitrogen and oxygen atoms in total. The first-order valence-electron chi connectivity index (χ1n) is 10.3. The summed E-state index contributed by atoms with van der Waals surface area (Å²) in [6.07, 6.45) is 3.48. The molecule has 1 aromatic carbocycles. The number of aryl methyl sites for hydroxylation is 2. The van der Waals surface area contributed by atoms with Crippen molar-refractivity contribution >= 4 is 5.91 Å². The molecule has 0 radical (unpaired) electrons. The molecule has 2 atom stereocenters. The summed E-state index contributed by atoms with van der Waals surface area (Å²) in [6, 6.07) is 7.05. The fraction of sp³-hybridized carbons (Fsp3) is 0.545. The van der Waals surface area contributed by atoms with Gasteiger partial charge in [-0.3, -0.25) is 14.8 Å². The summed E-state index contributed by atoms with van der Waals surface area (Å²) in [5.74, 6) is 0.578. The normalized spacial score (nSPS) is 22.5. The number of aromatic amines is 1. The molecular weight excluding hydrogens is 355 g/mol. The molecule has 1 aromatic heterocycles. The summed E-state index contributed by atoms with van der Waals surface area (Å²) < 4.78 is 13.2. The van der Waals surface area contributed by atoms with Gasteiger partial charge in [-0.2, -0.15) is 5.10 Å². The van der Waals surface area contributed by atoms with Gasteiger partial charge >= 0.3 is 0 Å². The van der Waals surface area contributed by atoms with Gasteiger partial charge in [-0.05, 0) is 55.9 Å². The van der Waals surface area contributed by atoms with Gasteiger partial charge in [-0.25, -0.2) is 4.39 Å². The van der Waals surface area contributed by atoms with Crippen LogP contribution in [0.15, 0.2) is 24.3 Å². The molecule has 1 N–H and O–H groups in total. The Morgan fingerprint density at radius 2 is 1.96 bits per heavy atom. The molecule has 6 heteroatoms. The average Bonchev–Trinajstić information content (AvgIpc) is 2.86. The first kappa shape index (κ1) is 19.1. The Kier molecular flexibility index (Phi) is 5.49. The fourth-order valence-corrected chi connectivity index (χ4v) is 4.61. The van der Waals surface area contributed by atoms with Crippen molar-refractivity contribution in [3.8, 4) is 0 Å². The highest BCUT2D eigenvalue weighted by atomic mass is 19.1. The zero-order valence-electron chi connectivity index (χ0n) is 16.7. The number of nitrogens with one attached hydrogen (secondary N) is 1. The highest BCUT2D eigenvalue weighted by Crippen LogP contribution is 2.29. The van der Waals surface area contributed by atoms with Crippen molar-refractivity contribution in [1.29, 1.82) is 0 Å². The number of fused-ring (bicyclic) bond motifs is 4. The van der Waals surface area contributed by atoms with E-state index in [4.69, 9.17) is 0 Å². The SMILES string of the molecule is Cc1[nH]nc(CCC(=O)N2C[C@H]3CC[C@@H]2CN(Cc2ccc(F)cc2)C3)c1C. The zero-order valence-corrected chi connectivity index (χ0v) is 16.7. The number of amides is 1. The number of carbonyl (C=O) groups is 1. The largest absolute Gasteiger partial charge is 0.338 e. The number of benzene rings is 1. The number of hydrogen-bond donors (Lipinski definition) is 1. The minimum atomic E-state index is -0.196. The van der Waals surface area contributed by atoms with E-state index in [9.17, 15) is 9.18 Å². The maximum Gasteiger partial charge on any atom is 0.223 e. The smallest absolute Gasteiger partial charge is 0.223 e. The number of hydrogen-bond acceptors (Lipinski definition) is 3. The molecule has 28 heavy (non-hydrogen) atoms. The van der Waals surface area contributed by atoms with Crippen molar-refractivity contribution < 1.29 is 9.18 Å². The molecule has 0 unspecified atom stereocenters. The second-order valence-electron chi connectivity index (χ2n) is 8.38. The molecular formula is C22H29FN4O. The number of carbonyl (C=O) groups excluding carboxylic acids is 1. The van der Waals surface area contributed by atoms with E-state index in [1.54, 1.807) is 0 Å². The Hall–Kier alpha value is -2.21. The van der Waals surface area contributed by atoms with Gasteiger partial charge in [0.15, 0.2) is 0 Å². The Morgan fingerprint density at radius 3 is 2.68 bits per heavy atom. The molecule has 2 aromatic rings. The van der Waals surface area contributed by atoms with Gasteiger partial charge in [0.2, 0.25) is 5.91 Å². The maximum atomic E-state index is 13.2. The van der Waals surface area contributed by atoms with Crippen molar-refractivity contribution in [2.45, 2.75) is 52.1 Å². The van der Waals surface area contributed by atoms with Crippen LogP contribution in [-0.2, 0) is 17.8 Å². The third-order valence-electron chi connectivity index (χ3n) is 6.36. The molecule has 150 valence electrons. The fourth-order valence-electron chi connectivity index (χ4n) is 4.61. The van der Waals surface area contributed by atoms with Crippen LogP contribution in [0, 0.1) is 25.6 Å². The van der Waals surface area contributed by atoms with Crippen LogP contribution in [0.1, 0.15) is 41.8 Å². The van der Waals surface area contributed by atoms with E-state index in [-0.39, 0.29) is 17.8 Å². The van der Waals surface area contributed by atoms with Crippen LogP contribution in [-0.4, -0.2) is 51.6 Å². The zero-order chi connectivity index (χ0) is 19.7. The van der Waals surface area contributed by atoms with Crippen LogP contribution >= 0.6 is 0 Å². The summed E-state index contributed by atoms with van der Waals surface area (Å²) >= 11 is 0. The summed E-state index contributed by atoms with van der Waals surface area (Å²) in [4.78, 5) is 17.5. The maximum absolute atomic E-state index is 13.2. The Morgan fingerprint density at radius 1 is 1.18 bits per heavy atom. The molecule has 0 aliphatic carbocycles. The van der Waals surface area contributed by atoms with Crippen LogP contribution in [0.25, 0.3) is 0 Å². The Labute approximate surface area is 165 Å². The molecule has 0 spiro atoms. The lowest BCUT2D eigenvalue weighted by Crippen LogP contribution is -2.47. The number of rotatable bonds is 5. The number of H-pyrrole nitrogens is 1. The lowest BCUT2D eigenvalue weighted by molar-refractivity contribution is -0.135. The molecule has 2 bridgehead atoms. The van der Waals surface area contributed by atoms with Crippen molar-refractivity contribution in [1.82, 2.24) is 20.0 Å². The molecule has 4 heterocycles. The van der Waals surface area contributed by atoms with Crippen LogP contribution in [0.5, 0.6) is 0 Å². The Bertz CT molecular complexity index is 832. The number of halogens is 1. The second-order valence-corrected chi connectivity index (χ2v) is 8.38. The van der Waals surface area contributed by atoms with Gasteiger partial charge in [-0.1, -0.05) is 12.1 Å². The predicted molar refractivity (Wildman–Crippen MR) is 106 cm³/mol. The van der Waals surface area contributed by atoms with Gasteiger partial charge in [0.05, 0.1) is 5.69 Å². The molecule has 3 fully saturated rings. The van der Waals surface area contributed by atoms with Gasteiger partial charge in [-0.15, -0.1) is 0 Å². The monoisotopic (exact) mass is 384 g/mol. The van der Waals surface area contributed by atoms with Crippen molar-refractivity contribution in [2.24, 2.45) is 5.92 Å². The van der Waals surface area contributed by atoms with Crippen LogP contribution in [0.4, 0.5) is 4.39 Å². The lowest BCUT2D eigenvalue weighted by atomic mass is 9.94. The van der Waals surface area contributed by atoms with Crippen molar-refractivity contribution in [2.75, 3.05) is 19.6 Å². The Balaban J connectivity index is 1.38. The second kappa shape index (κ2) is 8.03. The van der Waals surface area contributed by atoms with Crippen LogP contribution < -0.4 is 0 Å². The van der Waals surface area contributed by atoms with E-state index in [0.29, 0.717) is 18.8 Å². The van der Waals surface area contributed by atoms with Crippen LogP contribution in [0.2, 0.25) is 0 Å². The van der Waals surface area contributed by atoms with E-state index < -0.39 is 0 Å². The van der Waals surface area contributed by atoms with Gasteiger partial charge in [0.1, 0.15) is 5.82 Å². The van der Waals surface area contributed by atoms with Gasteiger partial charge < -0.3 is 4.90 Å². The number of nitrogens with zero attached hydrogens (tertiary/aromatic N) is 3. The minimum absolute atomic E-state index is 0.196. The van der Waals surface area contributed by atoms with E-state index in [1.807, 2.05) is 19.1 Å². The quantitative estimate of drug-likeness (QED) is 0.861. The molecule has 1 amide bonds. The standard InChI is InChI=1S/C22H29FN4O/c1-15-16(2)24-25-21(15)9-10-22(28)27-13-18-5-8-20(27)14-26(12-18)11-17-3-6-19(23)7-4-17/h3-4,6-7,18,20H,5,8-14H2,1-2H3,(H,24,25)/t18-,20+/m0/s1. The number of piperidine rings is 1. The number of aromatic nitrogens is 2. The van der Waals surface area contributed by atoms with E-state index in [1.165, 1.54) is 18.6 Å². The molecule has 0 saturated carbocycles. The minimum Gasteiger partial charge on any atom is -0.338 e. The highest BCUT2D eigenvalue weighted by molar-refractivity contribution is 5.77. The van der Waals surface area contributed by atoms with Crippen molar-refractivity contribution in [3.05, 3.63) is 52.6 Å². The van der Waals surface area contributed by atoms with Gasteiger partial charge in [0, 0.05) is 50.8 Å². The molecule has 3 saturated heterocycles. The van der Waals surface area contributed by atoms with E-state index in [0.717, 1.165) is 55.1 Å². The summed E-state index contributed by atoms with van der Waals surface area (Å²) in [5, 5.41) is 7.34. The van der Waals surface area contributed by atoms with E-state index >= 15 is 0 Å². The third kappa shape index (κ3) is 4.12. The van der Waals surface area contributed by atoms with Crippen molar-refractivity contribution in [3.63, 3.8) is 0 Å². The molecule has 3 aliphatic heterocycles. The highest BCUT2D eigenvalue weighted by Gasteiger charge is 2.36. The summed E-state index contributed by atoms with van der Waals surface area (Å²) in [7, 11) is 0. The predicted octanol–water partition coefficient (Wildman–Crippen LogP) is 3.22. The first-order chi connectivity index (χ1) is 13.5.